The second-order valence-electron chi connectivity index (χ2n) is 4.69. The summed E-state index contributed by atoms with van der Waals surface area (Å²) < 4.78 is 24.7. The first kappa shape index (κ1) is 14.3. The lowest BCUT2D eigenvalue weighted by atomic mass is 10.0. The summed E-state index contributed by atoms with van der Waals surface area (Å²) in [4.78, 5) is 0.263. The summed E-state index contributed by atoms with van der Waals surface area (Å²) in [5.74, 6) is -0.848. The van der Waals surface area contributed by atoms with Crippen LogP contribution in [0.2, 0.25) is 0 Å². The predicted molar refractivity (Wildman–Crippen MR) is 78.0 cm³/mol. The largest absolute Gasteiger partial charge is 0.224 e. The average Bonchev–Trinajstić information content (AvgIpc) is 2.46. The molecule has 102 valence electrons. The van der Waals surface area contributed by atoms with Gasteiger partial charge in [0.1, 0.15) is 0 Å². The van der Waals surface area contributed by atoms with E-state index in [1.54, 1.807) is 48.5 Å². The highest BCUT2D eigenvalue weighted by Gasteiger charge is 2.22. The van der Waals surface area contributed by atoms with E-state index in [4.69, 9.17) is 0 Å². The van der Waals surface area contributed by atoms with Gasteiger partial charge in [-0.3, -0.25) is 0 Å². The van der Waals surface area contributed by atoms with Gasteiger partial charge < -0.3 is 0 Å². The Morgan fingerprint density at radius 1 is 1.05 bits per heavy atom. The second-order valence-corrected chi connectivity index (χ2v) is 6.72. The molecule has 0 aliphatic heterocycles. The van der Waals surface area contributed by atoms with Gasteiger partial charge in [-0.15, -0.1) is 0 Å². The Hall–Kier alpha value is -2.12. The third-order valence-electron chi connectivity index (χ3n) is 3.12. The Labute approximate surface area is 119 Å². The van der Waals surface area contributed by atoms with Gasteiger partial charge in [0.05, 0.1) is 22.6 Å². The van der Waals surface area contributed by atoms with Gasteiger partial charge in [0.15, 0.2) is 9.84 Å². The number of benzene rings is 2. The normalized spacial score (nSPS) is 12.6. The van der Waals surface area contributed by atoms with Crippen LogP contribution < -0.4 is 0 Å². The van der Waals surface area contributed by atoms with Crippen LogP contribution in [0, 0.1) is 18.3 Å². The average molecular weight is 285 g/mol. The Bertz CT molecular complexity index is 713. The van der Waals surface area contributed by atoms with Gasteiger partial charge >= 0.3 is 0 Å². The van der Waals surface area contributed by atoms with Crippen LogP contribution >= 0.6 is 0 Å². The molecule has 4 heteroatoms. The Morgan fingerprint density at radius 3 is 2.20 bits per heavy atom. The lowest BCUT2D eigenvalue weighted by Crippen LogP contribution is -2.14. The number of rotatable bonds is 4. The van der Waals surface area contributed by atoms with Crippen LogP contribution in [0.3, 0.4) is 0 Å². The summed E-state index contributed by atoms with van der Waals surface area (Å²) in [6, 6.07) is 17.8. The summed E-state index contributed by atoms with van der Waals surface area (Å²) in [5, 5.41) is 9.22. The van der Waals surface area contributed by atoms with Crippen LogP contribution in [0.15, 0.2) is 59.5 Å². The van der Waals surface area contributed by atoms with Crippen molar-refractivity contribution >= 4 is 9.84 Å². The Kier molecular flexibility index (Phi) is 4.21. The van der Waals surface area contributed by atoms with Crippen LogP contribution in [0.1, 0.15) is 17.0 Å². The van der Waals surface area contributed by atoms with E-state index < -0.39 is 15.8 Å². The van der Waals surface area contributed by atoms with Crippen LogP contribution in [0.5, 0.6) is 0 Å². The van der Waals surface area contributed by atoms with Gasteiger partial charge in [-0.1, -0.05) is 48.0 Å². The SMILES string of the molecule is Cc1ccc(S(=O)(=O)CC(C#N)c2ccccc2)cc1. The first-order valence-electron chi connectivity index (χ1n) is 6.27. The summed E-state index contributed by atoms with van der Waals surface area (Å²) in [6.07, 6.45) is 0. The summed E-state index contributed by atoms with van der Waals surface area (Å²) >= 11 is 0. The lowest BCUT2D eigenvalue weighted by molar-refractivity contribution is 0.593. The van der Waals surface area contributed by atoms with Crippen LogP contribution in [-0.2, 0) is 9.84 Å². The number of sulfone groups is 1. The third-order valence-corrected chi connectivity index (χ3v) is 4.89. The van der Waals surface area contributed by atoms with Crippen molar-refractivity contribution in [1.29, 1.82) is 5.26 Å². The fraction of sp³-hybridized carbons (Fsp3) is 0.188. The highest BCUT2D eigenvalue weighted by molar-refractivity contribution is 7.91. The molecule has 0 spiro atoms. The van der Waals surface area contributed by atoms with E-state index in [0.29, 0.717) is 0 Å². The van der Waals surface area contributed by atoms with E-state index >= 15 is 0 Å². The topological polar surface area (TPSA) is 57.9 Å². The van der Waals surface area contributed by atoms with Gasteiger partial charge in [-0.2, -0.15) is 5.26 Å². The molecular weight excluding hydrogens is 270 g/mol. The number of hydrogen-bond acceptors (Lipinski definition) is 3. The van der Waals surface area contributed by atoms with Crippen LogP contribution in [0.25, 0.3) is 0 Å². The molecular formula is C16H15NO2S. The zero-order valence-electron chi connectivity index (χ0n) is 11.2. The minimum atomic E-state index is -3.46. The maximum absolute atomic E-state index is 12.3. The maximum atomic E-state index is 12.3. The smallest absolute Gasteiger partial charge is 0.180 e. The highest BCUT2D eigenvalue weighted by atomic mass is 32.2. The quantitative estimate of drug-likeness (QED) is 0.867. The highest BCUT2D eigenvalue weighted by Crippen LogP contribution is 2.21. The third kappa shape index (κ3) is 3.25. The van der Waals surface area contributed by atoms with Crippen LogP contribution in [0.4, 0.5) is 0 Å². The molecule has 2 aromatic carbocycles. The van der Waals surface area contributed by atoms with Crippen molar-refractivity contribution in [3.05, 3.63) is 65.7 Å². The van der Waals surface area contributed by atoms with Crippen molar-refractivity contribution in [3.8, 4) is 6.07 Å². The summed E-state index contributed by atoms with van der Waals surface area (Å²) in [6.45, 7) is 1.90. The van der Waals surface area contributed by atoms with Crippen molar-refractivity contribution in [1.82, 2.24) is 0 Å². The molecule has 1 unspecified atom stereocenters. The molecule has 20 heavy (non-hydrogen) atoms. The Morgan fingerprint density at radius 2 is 1.65 bits per heavy atom. The molecule has 0 saturated heterocycles. The van der Waals surface area contributed by atoms with Crippen molar-refractivity contribution < 1.29 is 8.42 Å². The molecule has 0 radical (unpaired) electrons. The molecule has 0 fully saturated rings. The molecule has 0 aromatic heterocycles. The monoisotopic (exact) mass is 285 g/mol. The van der Waals surface area contributed by atoms with Gasteiger partial charge in [-0.05, 0) is 24.6 Å². The molecule has 0 aliphatic rings. The lowest BCUT2D eigenvalue weighted by Gasteiger charge is -2.10. The van der Waals surface area contributed by atoms with Gasteiger partial charge in [-0.25, -0.2) is 8.42 Å². The summed E-state index contributed by atoms with van der Waals surface area (Å²) in [5.41, 5.74) is 1.73. The molecule has 2 aromatic rings. The number of nitriles is 1. The first-order chi connectivity index (χ1) is 9.53. The second kappa shape index (κ2) is 5.89. The number of nitrogens with zero attached hydrogens (tertiary/aromatic N) is 1. The molecule has 0 amide bonds. The van der Waals surface area contributed by atoms with E-state index in [2.05, 4.69) is 6.07 Å². The minimum absolute atomic E-state index is 0.198. The minimum Gasteiger partial charge on any atom is -0.224 e. The molecule has 0 bridgehead atoms. The summed E-state index contributed by atoms with van der Waals surface area (Å²) in [7, 11) is -3.46. The fourth-order valence-corrected chi connectivity index (χ4v) is 3.40. The zero-order valence-corrected chi connectivity index (χ0v) is 12.0. The van der Waals surface area contributed by atoms with E-state index in [9.17, 15) is 13.7 Å². The van der Waals surface area contributed by atoms with Gasteiger partial charge in [0, 0.05) is 0 Å². The van der Waals surface area contributed by atoms with Crippen molar-refractivity contribution in [3.63, 3.8) is 0 Å². The number of aryl methyl sites for hydroxylation is 1. The standard InChI is InChI=1S/C16H15NO2S/c1-13-7-9-16(10-8-13)20(18,19)12-15(11-17)14-5-3-2-4-6-14/h2-10,15H,12H2,1H3. The van der Waals surface area contributed by atoms with Crippen molar-refractivity contribution in [2.75, 3.05) is 5.75 Å². The van der Waals surface area contributed by atoms with Gasteiger partial charge in [0.2, 0.25) is 0 Å². The van der Waals surface area contributed by atoms with Crippen molar-refractivity contribution in [2.45, 2.75) is 17.7 Å². The first-order valence-corrected chi connectivity index (χ1v) is 7.92. The molecule has 0 saturated carbocycles. The van der Waals surface area contributed by atoms with E-state index in [1.807, 2.05) is 13.0 Å². The molecule has 2 rings (SSSR count). The molecule has 0 heterocycles. The van der Waals surface area contributed by atoms with E-state index in [-0.39, 0.29) is 10.6 Å². The van der Waals surface area contributed by atoms with Gasteiger partial charge in [0.25, 0.3) is 0 Å². The zero-order chi connectivity index (χ0) is 14.6. The maximum Gasteiger partial charge on any atom is 0.180 e. The number of hydrogen-bond donors (Lipinski definition) is 0. The molecule has 3 nitrogen and oxygen atoms in total. The molecule has 0 aliphatic carbocycles. The predicted octanol–water partition coefficient (Wildman–Crippen LogP) is 3.08. The van der Waals surface area contributed by atoms with E-state index in [0.717, 1.165) is 11.1 Å². The van der Waals surface area contributed by atoms with Crippen LogP contribution in [-0.4, -0.2) is 14.2 Å². The Balaban J connectivity index is 2.28. The fourth-order valence-electron chi connectivity index (χ4n) is 1.95. The molecule has 1 atom stereocenters. The van der Waals surface area contributed by atoms with Crippen molar-refractivity contribution in [2.24, 2.45) is 0 Å². The van der Waals surface area contributed by atoms with E-state index in [1.165, 1.54) is 0 Å². The molecule has 0 N–H and O–H groups in total.